The van der Waals surface area contributed by atoms with Gasteiger partial charge in [-0.3, -0.25) is 9.48 Å². The third-order valence-corrected chi connectivity index (χ3v) is 4.95. The number of hydrogen-bond donors (Lipinski definition) is 0. The third-order valence-electron chi connectivity index (χ3n) is 4.95. The molecule has 2 heterocycles. The van der Waals surface area contributed by atoms with E-state index in [1.54, 1.807) is 10.9 Å². The van der Waals surface area contributed by atoms with Crippen LogP contribution in [0.15, 0.2) is 12.4 Å². The van der Waals surface area contributed by atoms with E-state index < -0.39 is 0 Å². The zero-order valence-corrected chi connectivity index (χ0v) is 11.9. The van der Waals surface area contributed by atoms with E-state index in [1.807, 2.05) is 13.2 Å². The maximum atomic E-state index is 12.6. The number of amides is 1. The fourth-order valence-corrected chi connectivity index (χ4v) is 3.86. The number of carbonyl (C=O) groups excluding carboxylic acids is 1. The molecule has 1 saturated carbocycles. The lowest BCUT2D eigenvalue weighted by Gasteiger charge is -2.47. The summed E-state index contributed by atoms with van der Waals surface area (Å²) in [6.07, 6.45) is 9.75. The van der Waals surface area contributed by atoms with Crippen molar-refractivity contribution in [2.24, 2.45) is 18.9 Å². The molecule has 1 aliphatic heterocycles. The number of fused-ring (bicyclic) bond motifs is 1. The molecule has 1 aliphatic carbocycles. The van der Waals surface area contributed by atoms with Crippen molar-refractivity contribution in [2.75, 3.05) is 6.54 Å². The summed E-state index contributed by atoms with van der Waals surface area (Å²) in [5.74, 6) is 1.66. The zero-order valence-electron chi connectivity index (χ0n) is 11.9. The molecule has 0 unspecified atom stereocenters. The Hall–Kier alpha value is -1.32. The van der Waals surface area contributed by atoms with Gasteiger partial charge in [0.25, 0.3) is 5.91 Å². The molecular weight excluding hydrogens is 238 g/mol. The Balaban J connectivity index is 1.81. The van der Waals surface area contributed by atoms with E-state index in [0.717, 1.165) is 24.4 Å². The van der Waals surface area contributed by atoms with Crippen molar-refractivity contribution >= 4 is 5.91 Å². The quantitative estimate of drug-likeness (QED) is 0.779. The molecule has 104 valence electrons. The Morgan fingerprint density at radius 1 is 1.32 bits per heavy atom. The number of carbonyl (C=O) groups is 1. The average Bonchev–Trinajstić information content (AvgIpc) is 2.86. The molecule has 1 amide bonds. The second kappa shape index (κ2) is 4.99. The Morgan fingerprint density at radius 3 is 2.84 bits per heavy atom. The molecule has 3 rings (SSSR count). The minimum absolute atomic E-state index is 0.178. The topological polar surface area (TPSA) is 38.1 Å². The predicted molar refractivity (Wildman–Crippen MR) is 73.8 cm³/mol. The van der Waals surface area contributed by atoms with Crippen LogP contribution in [0.1, 0.15) is 49.4 Å². The second-order valence-corrected chi connectivity index (χ2v) is 6.18. The van der Waals surface area contributed by atoms with Crippen LogP contribution >= 0.6 is 0 Å². The molecule has 19 heavy (non-hydrogen) atoms. The lowest BCUT2D eigenvalue weighted by molar-refractivity contribution is 0.0217. The molecule has 0 spiro atoms. The lowest BCUT2D eigenvalue weighted by Crippen LogP contribution is -2.52. The summed E-state index contributed by atoms with van der Waals surface area (Å²) in [7, 11) is 1.86. The minimum Gasteiger partial charge on any atom is -0.335 e. The van der Waals surface area contributed by atoms with Crippen LogP contribution in [-0.2, 0) is 7.05 Å². The first kappa shape index (κ1) is 12.7. The van der Waals surface area contributed by atoms with E-state index in [-0.39, 0.29) is 5.91 Å². The van der Waals surface area contributed by atoms with Crippen molar-refractivity contribution in [3.63, 3.8) is 0 Å². The van der Waals surface area contributed by atoms with Gasteiger partial charge in [0.1, 0.15) is 0 Å². The van der Waals surface area contributed by atoms with Gasteiger partial charge >= 0.3 is 0 Å². The Morgan fingerprint density at radius 2 is 2.11 bits per heavy atom. The van der Waals surface area contributed by atoms with Crippen LogP contribution < -0.4 is 0 Å². The van der Waals surface area contributed by atoms with Crippen LogP contribution in [0, 0.1) is 11.8 Å². The summed E-state index contributed by atoms with van der Waals surface area (Å²) < 4.78 is 1.71. The number of rotatable bonds is 1. The van der Waals surface area contributed by atoms with Crippen molar-refractivity contribution < 1.29 is 4.79 Å². The van der Waals surface area contributed by atoms with Crippen molar-refractivity contribution in [1.29, 1.82) is 0 Å². The van der Waals surface area contributed by atoms with Gasteiger partial charge < -0.3 is 4.90 Å². The lowest BCUT2D eigenvalue weighted by atomic mass is 9.72. The number of nitrogens with zero attached hydrogens (tertiary/aromatic N) is 3. The predicted octanol–water partition coefficient (Wildman–Crippen LogP) is 2.46. The molecule has 4 heteroatoms. The second-order valence-electron chi connectivity index (χ2n) is 6.18. The average molecular weight is 261 g/mol. The summed E-state index contributed by atoms with van der Waals surface area (Å²) in [5, 5.41) is 4.12. The van der Waals surface area contributed by atoms with Crippen molar-refractivity contribution in [3.05, 3.63) is 18.0 Å². The van der Waals surface area contributed by atoms with Gasteiger partial charge in [0.2, 0.25) is 0 Å². The first-order valence-electron chi connectivity index (χ1n) is 7.46. The Labute approximate surface area is 114 Å². The van der Waals surface area contributed by atoms with E-state index in [4.69, 9.17) is 0 Å². The number of piperidine rings is 1. The molecular formula is C15H23N3O. The third kappa shape index (κ3) is 2.28. The maximum Gasteiger partial charge on any atom is 0.257 e. The van der Waals surface area contributed by atoms with Gasteiger partial charge in [0.05, 0.1) is 11.8 Å². The van der Waals surface area contributed by atoms with Gasteiger partial charge in [0, 0.05) is 25.8 Å². The van der Waals surface area contributed by atoms with E-state index in [1.165, 1.54) is 25.7 Å². The fourth-order valence-electron chi connectivity index (χ4n) is 3.86. The number of hydrogen-bond acceptors (Lipinski definition) is 2. The molecule has 3 atom stereocenters. The van der Waals surface area contributed by atoms with Crippen LogP contribution in [0.2, 0.25) is 0 Å². The Bertz CT molecular complexity index is 468. The molecule has 0 N–H and O–H groups in total. The number of aromatic nitrogens is 2. The van der Waals surface area contributed by atoms with Crippen molar-refractivity contribution in [2.45, 2.75) is 45.1 Å². The van der Waals surface area contributed by atoms with E-state index in [2.05, 4.69) is 16.9 Å². The van der Waals surface area contributed by atoms with Gasteiger partial charge in [-0.25, -0.2) is 0 Å². The van der Waals surface area contributed by atoms with Gasteiger partial charge in [-0.2, -0.15) is 5.10 Å². The van der Waals surface area contributed by atoms with Gasteiger partial charge in [-0.05, 0) is 31.1 Å². The fraction of sp³-hybridized carbons (Fsp3) is 0.733. The summed E-state index contributed by atoms with van der Waals surface area (Å²) >= 11 is 0. The highest BCUT2D eigenvalue weighted by atomic mass is 16.2. The van der Waals surface area contributed by atoms with Gasteiger partial charge in [0.15, 0.2) is 0 Å². The molecule has 2 aliphatic rings. The zero-order chi connectivity index (χ0) is 13.4. The first-order valence-corrected chi connectivity index (χ1v) is 7.46. The summed E-state index contributed by atoms with van der Waals surface area (Å²) in [6.45, 7) is 3.27. The van der Waals surface area contributed by atoms with Crippen LogP contribution in [0.5, 0.6) is 0 Å². The van der Waals surface area contributed by atoms with Crippen LogP contribution in [-0.4, -0.2) is 33.2 Å². The highest BCUT2D eigenvalue weighted by molar-refractivity contribution is 5.94. The monoisotopic (exact) mass is 261 g/mol. The number of likely N-dealkylation sites (tertiary alicyclic amines) is 1. The molecule has 2 fully saturated rings. The highest BCUT2D eigenvalue weighted by Crippen LogP contribution is 2.39. The highest BCUT2D eigenvalue weighted by Gasteiger charge is 2.39. The summed E-state index contributed by atoms with van der Waals surface area (Å²) in [5.41, 5.74) is 0.737. The minimum atomic E-state index is 0.178. The smallest absolute Gasteiger partial charge is 0.257 e. The maximum absolute atomic E-state index is 12.6. The molecule has 1 saturated heterocycles. The van der Waals surface area contributed by atoms with E-state index in [0.29, 0.717) is 12.0 Å². The molecule has 1 aromatic heterocycles. The molecule has 1 aromatic rings. The van der Waals surface area contributed by atoms with Crippen molar-refractivity contribution in [1.82, 2.24) is 14.7 Å². The molecule has 4 nitrogen and oxygen atoms in total. The number of aryl methyl sites for hydroxylation is 1. The van der Waals surface area contributed by atoms with E-state index >= 15 is 0 Å². The largest absolute Gasteiger partial charge is 0.335 e. The molecule has 0 aromatic carbocycles. The SMILES string of the molecule is C[C@@H]1CCN(C(=O)c2cnn(C)c2)[C@H]2CCCC[C@H]12. The van der Waals surface area contributed by atoms with Crippen LogP contribution in [0.25, 0.3) is 0 Å². The van der Waals surface area contributed by atoms with Gasteiger partial charge in [-0.1, -0.05) is 19.8 Å². The molecule has 0 radical (unpaired) electrons. The first-order chi connectivity index (χ1) is 9.16. The van der Waals surface area contributed by atoms with Crippen LogP contribution in [0.4, 0.5) is 0 Å². The molecule has 0 bridgehead atoms. The van der Waals surface area contributed by atoms with Crippen molar-refractivity contribution in [3.8, 4) is 0 Å². The Kier molecular flexibility index (Phi) is 3.33. The normalized spacial score (nSPS) is 31.1. The standard InChI is InChI=1S/C15H23N3O/c1-11-7-8-18(14-6-4-3-5-13(11)14)15(19)12-9-16-17(2)10-12/h9-11,13-14H,3-8H2,1-2H3/t11-,13-,14+/m1/s1. The summed E-state index contributed by atoms with van der Waals surface area (Å²) in [6, 6.07) is 0.463. The van der Waals surface area contributed by atoms with Crippen LogP contribution in [0.3, 0.4) is 0 Å². The van der Waals surface area contributed by atoms with Gasteiger partial charge in [-0.15, -0.1) is 0 Å². The van der Waals surface area contributed by atoms with E-state index in [9.17, 15) is 4.79 Å². The summed E-state index contributed by atoms with van der Waals surface area (Å²) in [4.78, 5) is 14.8.